The van der Waals surface area contributed by atoms with Gasteiger partial charge in [-0.3, -0.25) is 9.78 Å². The number of alkyl halides is 3. The van der Waals surface area contributed by atoms with Crippen LogP contribution < -0.4 is 0 Å². The van der Waals surface area contributed by atoms with Gasteiger partial charge in [-0.2, -0.15) is 13.2 Å². The summed E-state index contributed by atoms with van der Waals surface area (Å²) in [4.78, 5) is 17.6. The summed E-state index contributed by atoms with van der Waals surface area (Å²) in [5.41, 5.74) is 0.446. The van der Waals surface area contributed by atoms with E-state index in [1.54, 1.807) is 18.3 Å². The Hall–Kier alpha value is -2.37. The summed E-state index contributed by atoms with van der Waals surface area (Å²) >= 11 is 0. The highest BCUT2D eigenvalue weighted by atomic mass is 19.4. The molecule has 1 aromatic carbocycles. The lowest BCUT2D eigenvalue weighted by atomic mass is 10.1. The van der Waals surface area contributed by atoms with Crippen molar-refractivity contribution in [3.8, 4) is 0 Å². The first kappa shape index (κ1) is 13.6. The molecule has 3 rings (SSSR count). The van der Waals surface area contributed by atoms with Crippen molar-refractivity contribution < 1.29 is 18.0 Å². The lowest BCUT2D eigenvalue weighted by Gasteiger charge is -2.19. The third kappa shape index (κ3) is 2.49. The number of fused-ring (bicyclic) bond motifs is 1. The van der Waals surface area contributed by atoms with Gasteiger partial charge in [0.25, 0.3) is 5.91 Å². The highest BCUT2D eigenvalue weighted by Crippen LogP contribution is 2.33. The van der Waals surface area contributed by atoms with Gasteiger partial charge in [0.15, 0.2) is 0 Å². The number of halogens is 3. The van der Waals surface area contributed by atoms with Crippen LogP contribution in [-0.2, 0) is 19.3 Å². The fraction of sp³-hybridized carbons (Fsp3) is 0.200. The lowest BCUT2D eigenvalue weighted by Crippen LogP contribution is -2.25. The van der Waals surface area contributed by atoms with E-state index < -0.39 is 11.7 Å². The monoisotopic (exact) mass is 292 g/mol. The zero-order chi connectivity index (χ0) is 15.0. The van der Waals surface area contributed by atoms with Crippen LogP contribution in [0.15, 0.2) is 42.6 Å². The molecule has 1 aromatic heterocycles. The van der Waals surface area contributed by atoms with E-state index in [1.807, 2.05) is 0 Å². The Morgan fingerprint density at radius 2 is 1.90 bits per heavy atom. The number of aromatic nitrogens is 1. The van der Waals surface area contributed by atoms with Gasteiger partial charge in [-0.15, -0.1) is 0 Å². The molecular formula is C15H11F3N2O. The Morgan fingerprint density at radius 1 is 1.14 bits per heavy atom. The summed E-state index contributed by atoms with van der Waals surface area (Å²) in [7, 11) is 0. The van der Waals surface area contributed by atoms with Crippen LogP contribution in [0.4, 0.5) is 13.2 Å². The van der Waals surface area contributed by atoms with Crippen LogP contribution in [0.2, 0.25) is 0 Å². The molecule has 2 heterocycles. The highest BCUT2D eigenvalue weighted by molar-refractivity contribution is 5.97. The third-order valence-electron chi connectivity index (χ3n) is 3.43. The van der Waals surface area contributed by atoms with Gasteiger partial charge in [0.1, 0.15) is 0 Å². The first-order chi connectivity index (χ1) is 9.97. The standard InChI is InChI=1S/C15H11F3N2O/c16-15(17,18)12-6-2-1-4-10(12)8-20-9-13-11(14(20)21)5-3-7-19-13/h1-7H,8-9H2. The summed E-state index contributed by atoms with van der Waals surface area (Å²) in [6.07, 6.45) is -2.86. The van der Waals surface area contributed by atoms with Crippen LogP contribution in [-0.4, -0.2) is 15.8 Å². The van der Waals surface area contributed by atoms with Gasteiger partial charge in [-0.25, -0.2) is 0 Å². The smallest absolute Gasteiger partial charge is 0.328 e. The van der Waals surface area contributed by atoms with Crippen molar-refractivity contribution in [2.24, 2.45) is 0 Å². The number of carbonyl (C=O) groups is 1. The molecular weight excluding hydrogens is 281 g/mol. The number of carbonyl (C=O) groups excluding carboxylic acids is 1. The molecule has 108 valence electrons. The van der Waals surface area contributed by atoms with Gasteiger partial charge < -0.3 is 4.90 Å². The largest absolute Gasteiger partial charge is 0.416 e. The summed E-state index contributed by atoms with van der Waals surface area (Å²) in [6.45, 7) is 0.159. The number of amides is 1. The van der Waals surface area contributed by atoms with Crippen LogP contribution in [0, 0.1) is 0 Å². The van der Waals surface area contributed by atoms with Gasteiger partial charge in [-0.1, -0.05) is 18.2 Å². The lowest BCUT2D eigenvalue weighted by molar-refractivity contribution is -0.138. The molecule has 2 aromatic rings. The molecule has 1 aliphatic rings. The molecule has 21 heavy (non-hydrogen) atoms. The summed E-state index contributed by atoms with van der Waals surface area (Å²) in [5, 5.41) is 0. The van der Waals surface area contributed by atoms with Crippen molar-refractivity contribution in [1.29, 1.82) is 0 Å². The van der Waals surface area contributed by atoms with Gasteiger partial charge in [0.2, 0.25) is 0 Å². The highest BCUT2D eigenvalue weighted by Gasteiger charge is 2.35. The van der Waals surface area contributed by atoms with E-state index in [-0.39, 0.29) is 24.6 Å². The molecule has 0 fully saturated rings. The molecule has 0 bridgehead atoms. The van der Waals surface area contributed by atoms with Gasteiger partial charge in [0.05, 0.1) is 23.4 Å². The average molecular weight is 292 g/mol. The summed E-state index contributed by atoms with van der Waals surface area (Å²) in [6, 6.07) is 8.59. The zero-order valence-electron chi connectivity index (χ0n) is 10.9. The second-order valence-electron chi connectivity index (χ2n) is 4.81. The zero-order valence-corrected chi connectivity index (χ0v) is 10.9. The Bertz CT molecular complexity index is 697. The predicted molar refractivity (Wildman–Crippen MR) is 69.3 cm³/mol. The first-order valence-corrected chi connectivity index (χ1v) is 6.35. The van der Waals surface area contributed by atoms with Crippen LogP contribution in [0.3, 0.4) is 0 Å². The van der Waals surface area contributed by atoms with E-state index in [0.29, 0.717) is 11.3 Å². The number of benzene rings is 1. The second kappa shape index (κ2) is 4.87. The van der Waals surface area contributed by atoms with E-state index in [9.17, 15) is 18.0 Å². The number of hydrogen-bond donors (Lipinski definition) is 0. The molecule has 0 saturated carbocycles. The molecule has 0 spiro atoms. The van der Waals surface area contributed by atoms with Crippen molar-refractivity contribution >= 4 is 5.91 Å². The van der Waals surface area contributed by atoms with Crippen LogP contribution in [0.25, 0.3) is 0 Å². The van der Waals surface area contributed by atoms with E-state index in [0.717, 1.165) is 6.07 Å². The Morgan fingerprint density at radius 3 is 2.62 bits per heavy atom. The van der Waals surface area contributed by atoms with Crippen molar-refractivity contribution in [3.05, 3.63) is 65.0 Å². The number of pyridine rings is 1. The minimum absolute atomic E-state index is 0.0785. The Kier molecular flexibility index (Phi) is 3.16. The number of rotatable bonds is 2. The van der Waals surface area contributed by atoms with Crippen LogP contribution >= 0.6 is 0 Å². The average Bonchev–Trinajstić information content (AvgIpc) is 2.76. The second-order valence-corrected chi connectivity index (χ2v) is 4.81. The molecule has 1 aliphatic heterocycles. The van der Waals surface area contributed by atoms with Crippen molar-refractivity contribution in [2.75, 3.05) is 0 Å². The molecule has 0 saturated heterocycles. The predicted octanol–water partition coefficient (Wildman–Crippen LogP) is 3.26. The minimum Gasteiger partial charge on any atom is -0.328 e. The van der Waals surface area contributed by atoms with Gasteiger partial charge in [-0.05, 0) is 23.8 Å². The molecule has 0 unspecified atom stereocenters. The fourth-order valence-corrected chi connectivity index (χ4v) is 2.45. The minimum atomic E-state index is -4.43. The molecule has 6 heteroatoms. The molecule has 3 nitrogen and oxygen atoms in total. The van der Waals surface area contributed by atoms with Crippen molar-refractivity contribution in [1.82, 2.24) is 9.88 Å². The molecule has 0 atom stereocenters. The van der Waals surface area contributed by atoms with Crippen LogP contribution in [0.1, 0.15) is 27.2 Å². The van der Waals surface area contributed by atoms with Gasteiger partial charge in [0, 0.05) is 12.7 Å². The van der Waals surface area contributed by atoms with E-state index in [1.165, 1.54) is 23.1 Å². The van der Waals surface area contributed by atoms with Crippen molar-refractivity contribution in [3.63, 3.8) is 0 Å². The summed E-state index contributed by atoms with van der Waals surface area (Å²) in [5.74, 6) is -0.282. The summed E-state index contributed by atoms with van der Waals surface area (Å²) < 4.78 is 38.9. The van der Waals surface area contributed by atoms with Crippen molar-refractivity contribution in [2.45, 2.75) is 19.3 Å². The number of nitrogens with zero attached hydrogens (tertiary/aromatic N) is 2. The van der Waals surface area contributed by atoms with Gasteiger partial charge >= 0.3 is 6.18 Å². The first-order valence-electron chi connectivity index (χ1n) is 6.35. The van der Waals surface area contributed by atoms with Crippen LogP contribution in [0.5, 0.6) is 0 Å². The quantitative estimate of drug-likeness (QED) is 0.851. The molecule has 1 amide bonds. The van der Waals surface area contributed by atoms with E-state index >= 15 is 0 Å². The normalized spacial score (nSPS) is 14.4. The Balaban J connectivity index is 1.89. The SMILES string of the molecule is O=C1c2cccnc2CN1Cc1ccccc1C(F)(F)F. The molecule has 0 radical (unpaired) electrons. The van der Waals surface area contributed by atoms with E-state index in [2.05, 4.69) is 4.98 Å². The topological polar surface area (TPSA) is 33.2 Å². The Labute approximate surface area is 119 Å². The number of hydrogen-bond acceptors (Lipinski definition) is 2. The third-order valence-corrected chi connectivity index (χ3v) is 3.43. The fourth-order valence-electron chi connectivity index (χ4n) is 2.45. The maximum absolute atomic E-state index is 13.0. The van der Waals surface area contributed by atoms with E-state index in [4.69, 9.17) is 0 Å². The molecule has 0 aliphatic carbocycles. The maximum atomic E-state index is 13.0. The maximum Gasteiger partial charge on any atom is 0.416 e. The molecule has 0 N–H and O–H groups in total.